The van der Waals surface area contributed by atoms with Crippen LogP contribution in [0.15, 0.2) is 42.5 Å². The number of hydrogen-bond donors (Lipinski definition) is 2. The van der Waals surface area contributed by atoms with Gasteiger partial charge in [0.2, 0.25) is 0 Å². The second kappa shape index (κ2) is 8.21. The number of aromatic amines is 1. The monoisotopic (exact) mass is 409 g/mol. The van der Waals surface area contributed by atoms with E-state index in [9.17, 15) is 20.0 Å². The number of carbonyl (C=O) groups excluding carboxylic acids is 1. The van der Waals surface area contributed by atoms with Crippen molar-refractivity contribution in [2.45, 2.75) is 13.0 Å². The quantitative estimate of drug-likeness (QED) is 0.493. The van der Waals surface area contributed by atoms with Gasteiger partial charge in [-0.3, -0.25) is 24.9 Å². The predicted molar refractivity (Wildman–Crippen MR) is 111 cm³/mol. The molecule has 0 spiro atoms. The van der Waals surface area contributed by atoms with E-state index in [-0.39, 0.29) is 29.9 Å². The number of nitro benzene ring substituents is 1. The molecule has 9 nitrogen and oxygen atoms in total. The average Bonchev–Trinajstić information content (AvgIpc) is 3.17. The highest BCUT2D eigenvalue weighted by atomic mass is 16.6. The number of rotatable bonds is 5. The van der Waals surface area contributed by atoms with Crippen LogP contribution in [-0.2, 0) is 0 Å². The van der Waals surface area contributed by atoms with Crippen molar-refractivity contribution in [3.05, 3.63) is 69.4 Å². The Labute approximate surface area is 173 Å². The number of aryl methyl sites for hydroxylation is 1. The van der Waals surface area contributed by atoms with E-state index in [1.54, 1.807) is 11.0 Å². The maximum atomic E-state index is 13.0. The summed E-state index contributed by atoms with van der Waals surface area (Å²) in [6, 6.07) is 12.3. The van der Waals surface area contributed by atoms with Gasteiger partial charge in [-0.25, -0.2) is 0 Å². The first-order valence-electron chi connectivity index (χ1n) is 9.81. The lowest BCUT2D eigenvalue weighted by Gasteiger charge is -2.38. The molecule has 3 aromatic rings. The van der Waals surface area contributed by atoms with Crippen molar-refractivity contribution in [1.29, 1.82) is 0 Å². The van der Waals surface area contributed by atoms with Gasteiger partial charge >= 0.3 is 0 Å². The number of carbonyl (C=O) groups is 1. The Morgan fingerprint density at radius 2 is 2.00 bits per heavy atom. The highest BCUT2D eigenvalue weighted by Crippen LogP contribution is 2.25. The maximum absolute atomic E-state index is 13.0. The molecule has 2 heterocycles. The van der Waals surface area contributed by atoms with Crippen molar-refractivity contribution in [3.63, 3.8) is 0 Å². The van der Waals surface area contributed by atoms with Crippen molar-refractivity contribution >= 4 is 22.5 Å². The first-order valence-corrected chi connectivity index (χ1v) is 9.81. The predicted octanol–water partition coefficient (Wildman–Crippen LogP) is 2.27. The Kier molecular flexibility index (Phi) is 5.47. The van der Waals surface area contributed by atoms with Gasteiger partial charge in [-0.15, -0.1) is 0 Å². The van der Waals surface area contributed by atoms with E-state index >= 15 is 0 Å². The second-order valence-electron chi connectivity index (χ2n) is 7.50. The Hall–Kier alpha value is -3.30. The fraction of sp³-hybridized carbons (Fsp3) is 0.333. The molecule has 2 aromatic carbocycles. The van der Waals surface area contributed by atoms with Crippen LogP contribution in [0.1, 0.15) is 27.7 Å². The number of nitrogens with zero attached hydrogens (tertiary/aromatic N) is 4. The summed E-state index contributed by atoms with van der Waals surface area (Å²) < 4.78 is 0. The summed E-state index contributed by atoms with van der Waals surface area (Å²) in [7, 11) is 0. The molecule has 0 saturated carbocycles. The fourth-order valence-electron chi connectivity index (χ4n) is 3.97. The van der Waals surface area contributed by atoms with Gasteiger partial charge in [0.25, 0.3) is 11.6 Å². The lowest BCUT2D eigenvalue weighted by Crippen LogP contribution is -2.50. The molecule has 1 unspecified atom stereocenters. The molecular weight excluding hydrogens is 386 g/mol. The molecule has 1 atom stereocenters. The van der Waals surface area contributed by atoms with Gasteiger partial charge in [-0.05, 0) is 18.6 Å². The molecule has 1 fully saturated rings. The lowest BCUT2D eigenvalue weighted by molar-refractivity contribution is -0.384. The minimum atomic E-state index is -0.486. The Bertz CT molecular complexity index is 1090. The minimum absolute atomic E-state index is 0.00503. The number of benzene rings is 2. The standard InChI is InChI=1S/C21H23N5O4/c1-14-3-2-4-15(11-14)19(13-27)24-7-9-25(10-8-24)21(28)20-17-12-16(26(29)30)5-6-18(17)22-23-20/h2-6,11-12,19,27H,7-10,13H2,1H3,(H,22,23). The van der Waals surface area contributed by atoms with Gasteiger partial charge in [0.15, 0.2) is 5.69 Å². The van der Waals surface area contributed by atoms with E-state index in [0.717, 1.165) is 11.1 Å². The van der Waals surface area contributed by atoms with Crippen molar-refractivity contribution in [3.8, 4) is 0 Å². The number of amides is 1. The highest BCUT2D eigenvalue weighted by Gasteiger charge is 2.29. The highest BCUT2D eigenvalue weighted by molar-refractivity contribution is 6.05. The number of piperazine rings is 1. The van der Waals surface area contributed by atoms with E-state index < -0.39 is 4.92 Å². The van der Waals surface area contributed by atoms with Crippen molar-refractivity contribution in [2.24, 2.45) is 0 Å². The number of hydrogen-bond acceptors (Lipinski definition) is 6. The zero-order valence-electron chi connectivity index (χ0n) is 16.6. The van der Waals surface area contributed by atoms with E-state index in [1.807, 2.05) is 25.1 Å². The Morgan fingerprint density at radius 3 is 2.67 bits per heavy atom. The summed E-state index contributed by atoms with van der Waals surface area (Å²) in [4.78, 5) is 27.5. The molecule has 0 bridgehead atoms. The van der Waals surface area contributed by atoms with E-state index in [0.29, 0.717) is 37.1 Å². The molecular formula is C21H23N5O4. The van der Waals surface area contributed by atoms with Crippen LogP contribution in [0, 0.1) is 17.0 Å². The molecule has 1 saturated heterocycles. The Morgan fingerprint density at radius 1 is 1.23 bits per heavy atom. The topological polar surface area (TPSA) is 116 Å². The summed E-state index contributed by atoms with van der Waals surface area (Å²) in [6.07, 6.45) is 0. The van der Waals surface area contributed by atoms with Crippen LogP contribution >= 0.6 is 0 Å². The van der Waals surface area contributed by atoms with Crippen molar-refractivity contribution in [1.82, 2.24) is 20.0 Å². The largest absolute Gasteiger partial charge is 0.394 e. The fourth-order valence-corrected chi connectivity index (χ4v) is 3.97. The minimum Gasteiger partial charge on any atom is -0.394 e. The Balaban J connectivity index is 1.49. The first kappa shape index (κ1) is 20.0. The summed E-state index contributed by atoms with van der Waals surface area (Å²) in [5, 5.41) is 28.3. The zero-order chi connectivity index (χ0) is 21.3. The van der Waals surface area contributed by atoms with Crippen LogP contribution in [0.5, 0.6) is 0 Å². The third-order valence-corrected chi connectivity index (χ3v) is 5.60. The van der Waals surface area contributed by atoms with E-state index in [2.05, 4.69) is 21.2 Å². The van der Waals surface area contributed by atoms with E-state index in [4.69, 9.17) is 0 Å². The summed E-state index contributed by atoms with van der Waals surface area (Å²) in [6.45, 7) is 4.24. The zero-order valence-corrected chi connectivity index (χ0v) is 16.6. The summed E-state index contributed by atoms with van der Waals surface area (Å²) in [5.41, 5.74) is 2.90. The van der Waals surface area contributed by atoms with Crippen molar-refractivity contribution < 1.29 is 14.8 Å². The molecule has 0 aliphatic carbocycles. The molecule has 30 heavy (non-hydrogen) atoms. The number of H-pyrrole nitrogens is 1. The molecule has 1 aliphatic rings. The number of nitrogens with one attached hydrogen (secondary N) is 1. The number of non-ortho nitro benzene ring substituents is 1. The molecule has 2 N–H and O–H groups in total. The molecule has 1 aromatic heterocycles. The number of aliphatic hydroxyl groups excluding tert-OH is 1. The number of aliphatic hydroxyl groups is 1. The molecule has 1 aliphatic heterocycles. The summed E-state index contributed by atoms with van der Waals surface area (Å²) in [5.74, 6) is -0.252. The third-order valence-electron chi connectivity index (χ3n) is 5.60. The van der Waals surface area contributed by atoms with Gasteiger partial charge in [-0.1, -0.05) is 29.8 Å². The maximum Gasteiger partial charge on any atom is 0.275 e. The molecule has 4 rings (SSSR count). The van der Waals surface area contributed by atoms with Crippen LogP contribution in [0.4, 0.5) is 5.69 Å². The normalized spacial score (nSPS) is 16.0. The van der Waals surface area contributed by atoms with Gasteiger partial charge < -0.3 is 10.0 Å². The van der Waals surface area contributed by atoms with Crippen LogP contribution in [0.3, 0.4) is 0 Å². The SMILES string of the molecule is Cc1cccc(C(CO)N2CCN(C(=O)c3n[nH]c4ccc([N+](=O)[O-])cc34)CC2)c1. The number of nitro groups is 1. The number of aromatic nitrogens is 2. The summed E-state index contributed by atoms with van der Waals surface area (Å²) >= 11 is 0. The van der Waals surface area contributed by atoms with Crippen LogP contribution in [0.2, 0.25) is 0 Å². The van der Waals surface area contributed by atoms with E-state index in [1.165, 1.54) is 12.1 Å². The van der Waals surface area contributed by atoms with Crippen LogP contribution < -0.4 is 0 Å². The second-order valence-corrected chi connectivity index (χ2v) is 7.50. The first-order chi connectivity index (χ1) is 14.5. The van der Waals surface area contributed by atoms with Gasteiger partial charge in [0.1, 0.15) is 0 Å². The smallest absolute Gasteiger partial charge is 0.275 e. The molecule has 1 amide bonds. The van der Waals surface area contributed by atoms with Crippen LogP contribution in [-0.4, -0.2) is 68.7 Å². The van der Waals surface area contributed by atoms with Gasteiger partial charge in [0, 0.05) is 43.7 Å². The lowest BCUT2D eigenvalue weighted by atomic mass is 10.0. The van der Waals surface area contributed by atoms with Gasteiger partial charge in [-0.2, -0.15) is 5.10 Å². The van der Waals surface area contributed by atoms with Crippen LogP contribution in [0.25, 0.3) is 10.9 Å². The molecule has 156 valence electrons. The molecule has 0 radical (unpaired) electrons. The van der Waals surface area contributed by atoms with Crippen molar-refractivity contribution in [2.75, 3.05) is 32.8 Å². The molecule has 9 heteroatoms. The average molecular weight is 409 g/mol. The third kappa shape index (κ3) is 3.77. The number of fused-ring (bicyclic) bond motifs is 1. The van der Waals surface area contributed by atoms with Gasteiger partial charge in [0.05, 0.1) is 23.1 Å².